The molecule has 2 unspecified atom stereocenters. The molecule has 0 fully saturated rings. The Bertz CT molecular complexity index is 110. The monoisotopic (exact) mass is 125 g/mol. The first-order valence-corrected chi connectivity index (χ1v) is 3.22. The molecule has 0 aromatic rings. The van der Waals surface area contributed by atoms with E-state index in [1.165, 1.54) is 0 Å². The van der Waals surface area contributed by atoms with Crippen LogP contribution < -0.4 is 0 Å². The topological polar surface area (TPSA) is 3.24 Å². The molecule has 0 N–H and O–H groups in total. The fourth-order valence-electron chi connectivity index (χ4n) is 0.586. The molecule has 0 radical (unpaired) electrons. The third kappa shape index (κ3) is 2.53. The second-order valence-electron chi connectivity index (χ2n) is 2.66. The minimum atomic E-state index is 0.347. The van der Waals surface area contributed by atoms with Gasteiger partial charge in [0.15, 0.2) is 0 Å². The van der Waals surface area contributed by atoms with Gasteiger partial charge >= 0.3 is 0 Å². The van der Waals surface area contributed by atoms with E-state index in [1.54, 1.807) is 0 Å². The molecule has 0 aliphatic rings. The van der Waals surface area contributed by atoms with Gasteiger partial charge in [-0.3, -0.25) is 0 Å². The highest BCUT2D eigenvalue weighted by atomic mass is 15.1. The van der Waals surface area contributed by atoms with E-state index in [0.29, 0.717) is 12.0 Å². The molecule has 1 nitrogen and oxygen atoms in total. The van der Waals surface area contributed by atoms with E-state index >= 15 is 0 Å². The van der Waals surface area contributed by atoms with Crippen molar-refractivity contribution in [1.29, 1.82) is 0 Å². The fraction of sp³-hybridized carbons (Fsp3) is 0.750. The van der Waals surface area contributed by atoms with E-state index in [9.17, 15) is 0 Å². The van der Waals surface area contributed by atoms with E-state index < -0.39 is 0 Å². The Morgan fingerprint density at radius 2 is 1.78 bits per heavy atom. The zero-order valence-corrected chi connectivity index (χ0v) is 6.68. The zero-order chi connectivity index (χ0) is 7.44. The molecule has 0 amide bonds. The van der Waals surface area contributed by atoms with Crippen molar-refractivity contribution in [3.8, 4) is 12.3 Å². The Morgan fingerprint density at radius 3 is 1.89 bits per heavy atom. The molecule has 0 aliphatic carbocycles. The average molecular weight is 125 g/mol. The molecule has 0 aromatic carbocycles. The maximum atomic E-state index is 5.23. The number of hydrogen-bond donors (Lipinski definition) is 0. The highest BCUT2D eigenvalue weighted by Gasteiger charge is 2.09. The van der Waals surface area contributed by atoms with Crippen molar-refractivity contribution in [1.82, 2.24) is 4.90 Å². The summed E-state index contributed by atoms with van der Waals surface area (Å²) >= 11 is 0. The van der Waals surface area contributed by atoms with E-state index in [0.717, 1.165) is 0 Å². The van der Waals surface area contributed by atoms with Crippen LogP contribution in [-0.2, 0) is 0 Å². The maximum absolute atomic E-state index is 5.23. The Morgan fingerprint density at radius 1 is 1.33 bits per heavy atom. The van der Waals surface area contributed by atoms with Gasteiger partial charge < -0.3 is 4.90 Å². The second kappa shape index (κ2) is 3.53. The summed E-state index contributed by atoms with van der Waals surface area (Å²) in [7, 11) is 4.08. The molecule has 2 atom stereocenters. The van der Waals surface area contributed by atoms with Crippen molar-refractivity contribution < 1.29 is 0 Å². The standard InChI is InChI=1S/C8H15N/c1-6-7(2)8(3)9(4)5/h1,7-8H,2-5H3. The molecule has 0 bridgehead atoms. The van der Waals surface area contributed by atoms with Crippen LogP contribution in [0.1, 0.15) is 13.8 Å². The normalized spacial score (nSPS) is 16.9. The Hall–Kier alpha value is -0.480. The molecule has 0 rings (SSSR count). The maximum Gasteiger partial charge on any atom is 0.0324 e. The van der Waals surface area contributed by atoms with Crippen molar-refractivity contribution in [2.75, 3.05) is 14.1 Å². The summed E-state index contributed by atoms with van der Waals surface area (Å²) in [6, 6.07) is 0.481. The van der Waals surface area contributed by atoms with Crippen molar-refractivity contribution in [3.05, 3.63) is 0 Å². The van der Waals surface area contributed by atoms with E-state index in [-0.39, 0.29) is 0 Å². The predicted molar refractivity (Wildman–Crippen MR) is 41.1 cm³/mol. The molecule has 0 heterocycles. The smallest absolute Gasteiger partial charge is 0.0324 e. The fourth-order valence-corrected chi connectivity index (χ4v) is 0.586. The zero-order valence-electron chi connectivity index (χ0n) is 6.68. The summed E-state index contributed by atoms with van der Waals surface area (Å²) in [4.78, 5) is 2.13. The highest BCUT2D eigenvalue weighted by molar-refractivity contribution is 4.95. The first-order valence-electron chi connectivity index (χ1n) is 3.22. The van der Waals surface area contributed by atoms with Crippen molar-refractivity contribution in [2.45, 2.75) is 19.9 Å². The summed E-state index contributed by atoms with van der Waals surface area (Å²) in [5.41, 5.74) is 0. The number of nitrogens with zero attached hydrogens (tertiary/aromatic N) is 1. The second-order valence-corrected chi connectivity index (χ2v) is 2.66. The molecule has 52 valence electrons. The first-order chi connectivity index (χ1) is 4.09. The molecule has 9 heavy (non-hydrogen) atoms. The van der Waals surface area contributed by atoms with Crippen LogP contribution in [0, 0.1) is 18.3 Å². The summed E-state index contributed by atoms with van der Waals surface area (Å²) in [6.07, 6.45) is 5.23. The van der Waals surface area contributed by atoms with Gasteiger partial charge in [-0.15, -0.1) is 12.3 Å². The molecule has 0 spiro atoms. The van der Waals surface area contributed by atoms with Gasteiger partial charge in [0.05, 0.1) is 0 Å². The van der Waals surface area contributed by atoms with Crippen molar-refractivity contribution in [3.63, 3.8) is 0 Å². The number of terminal acetylenes is 1. The minimum absolute atomic E-state index is 0.347. The highest BCUT2D eigenvalue weighted by Crippen LogP contribution is 2.04. The average Bonchev–Trinajstić information content (AvgIpc) is 1.84. The van der Waals surface area contributed by atoms with Gasteiger partial charge in [0.2, 0.25) is 0 Å². The third-order valence-corrected chi connectivity index (χ3v) is 1.80. The summed E-state index contributed by atoms with van der Waals surface area (Å²) in [5, 5.41) is 0. The summed E-state index contributed by atoms with van der Waals surface area (Å²) in [5.74, 6) is 3.05. The van der Waals surface area contributed by atoms with Crippen molar-refractivity contribution >= 4 is 0 Å². The van der Waals surface area contributed by atoms with Crippen LogP contribution in [-0.4, -0.2) is 25.0 Å². The number of rotatable bonds is 2. The lowest BCUT2D eigenvalue weighted by molar-refractivity contribution is 0.272. The van der Waals surface area contributed by atoms with Gasteiger partial charge in [0, 0.05) is 12.0 Å². The summed E-state index contributed by atoms with van der Waals surface area (Å²) < 4.78 is 0. The van der Waals surface area contributed by atoms with Crippen LogP contribution in [0.5, 0.6) is 0 Å². The molecule has 0 saturated carbocycles. The van der Waals surface area contributed by atoms with Crippen LogP contribution >= 0.6 is 0 Å². The van der Waals surface area contributed by atoms with E-state index in [4.69, 9.17) is 6.42 Å². The SMILES string of the molecule is C#CC(C)C(C)N(C)C. The summed E-state index contributed by atoms with van der Waals surface area (Å²) in [6.45, 7) is 4.19. The Labute approximate surface area is 58.1 Å². The molecule has 0 aromatic heterocycles. The van der Waals surface area contributed by atoms with Gasteiger partial charge in [0.1, 0.15) is 0 Å². The largest absolute Gasteiger partial charge is 0.306 e. The predicted octanol–water partition coefficient (Wildman–Crippen LogP) is 1.21. The van der Waals surface area contributed by atoms with E-state index in [2.05, 4.69) is 24.7 Å². The Balaban J connectivity index is 3.76. The lowest BCUT2D eigenvalue weighted by Crippen LogP contribution is -2.30. The molecule has 1 heteroatoms. The van der Waals surface area contributed by atoms with Crippen molar-refractivity contribution in [2.24, 2.45) is 5.92 Å². The van der Waals surface area contributed by atoms with Gasteiger partial charge in [-0.05, 0) is 27.9 Å². The lowest BCUT2D eigenvalue weighted by Gasteiger charge is -2.22. The van der Waals surface area contributed by atoms with Crippen LogP contribution in [0.15, 0.2) is 0 Å². The minimum Gasteiger partial charge on any atom is -0.306 e. The van der Waals surface area contributed by atoms with Crippen LogP contribution in [0.2, 0.25) is 0 Å². The molecular formula is C8H15N. The van der Waals surface area contributed by atoms with E-state index in [1.807, 2.05) is 14.1 Å². The number of hydrogen-bond acceptors (Lipinski definition) is 1. The lowest BCUT2D eigenvalue weighted by atomic mass is 10.0. The quantitative estimate of drug-likeness (QED) is 0.501. The van der Waals surface area contributed by atoms with Crippen LogP contribution in [0.25, 0.3) is 0 Å². The van der Waals surface area contributed by atoms with Gasteiger partial charge in [0.25, 0.3) is 0 Å². The third-order valence-electron chi connectivity index (χ3n) is 1.80. The molecular weight excluding hydrogens is 110 g/mol. The molecule has 0 aliphatic heterocycles. The van der Waals surface area contributed by atoms with Gasteiger partial charge in [-0.2, -0.15) is 0 Å². The van der Waals surface area contributed by atoms with Crippen LogP contribution in [0.4, 0.5) is 0 Å². The van der Waals surface area contributed by atoms with Gasteiger partial charge in [-0.25, -0.2) is 0 Å². The van der Waals surface area contributed by atoms with Gasteiger partial charge in [-0.1, -0.05) is 0 Å². The van der Waals surface area contributed by atoms with Crippen LogP contribution in [0.3, 0.4) is 0 Å². The molecule has 0 saturated heterocycles. The first kappa shape index (κ1) is 8.52. The Kier molecular flexibility index (Phi) is 3.34.